The summed E-state index contributed by atoms with van der Waals surface area (Å²) >= 11 is 0. The van der Waals surface area contributed by atoms with Gasteiger partial charge in [0, 0.05) is 6.42 Å². The van der Waals surface area contributed by atoms with E-state index in [1.54, 1.807) is 5.57 Å². The lowest BCUT2D eigenvalue weighted by molar-refractivity contribution is 0.0202. The third-order valence-electron chi connectivity index (χ3n) is 9.86. The average Bonchev–Trinajstić information content (AvgIpc) is 3.15. The Kier molecular flexibility index (Phi) is 9.08. The number of unbranched alkanes of at least 4 members (excludes halogenated alkanes) is 1. The summed E-state index contributed by atoms with van der Waals surface area (Å²) in [5.74, 6) is 2.17. The fraction of sp³-hybridized carbons (Fsp3) is 0.800. The first-order chi connectivity index (χ1) is 15.6. The van der Waals surface area contributed by atoms with Gasteiger partial charge in [-0.2, -0.15) is 0 Å². The summed E-state index contributed by atoms with van der Waals surface area (Å²) in [7, 11) is 0. The summed E-state index contributed by atoms with van der Waals surface area (Å²) in [5.41, 5.74) is 3.30. The Bertz CT molecular complexity index is 731. The molecule has 0 radical (unpaired) electrons. The molecule has 3 aliphatic rings. The summed E-state index contributed by atoms with van der Waals surface area (Å²) in [6.07, 6.45) is 17.1. The minimum Gasteiger partial charge on any atom is -0.393 e. The van der Waals surface area contributed by atoms with Crippen molar-refractivity contribution in [1.29, 1.82) is 0 Å². The third kappa shape index (κ3) is 6.03. The molecule has 0 aromatic carbocycles. The molecule has 0 bridgehead atoms. The van der Waals surface area contributed by atoms with Gasteiger partial charge in [0.1, 0.15) is 0 Å². The number of fused-ring (bicyclic) bond motifs is 1. The lowest BCUT2D eigenvalue weighted by atomic mass is 9.60. The number of allylic oxidation sites excluding steroid dienone is 3. The molecule has 0 aliphatic heterocycles. The molecule has 0 saturated heterocycles. The molecule has 3 N–H and O–H groups in total. The SMILES string of the molecule is C=C1/C(=C\C=C2/CCCC3(C)C2CCC3[C@@H](C)CCCCC(O)(CC)CC)C[C@@H](O)C[C@@H]1O. The van der Waals surface area contributed by atoms with Gasteiger partial charge in [-0.05, 0) is 92.1 Å². The van der Waals surface area contributed by atoms with Crippen LogP contribution in [0.15, 0.2) is 35.5 Å². The smallest absolute Gasteiger partial charge is 0.0811 e. The van der Waals surface area contributed by atoms with E-state index in [0.717, 1.165) is 48.7 Å². The summed E-state index contributed by atoms with van der Waals surface area (Å²) in [6, 6.07) is 0. The molecule has 0 amide bonds. The monoisotopic (exact) mass is 458 g/mol. The molecule has 3 saturated carbocycles. The van der Waals surface area contributed by atoms with Crippen molar-refractivity contribution < 1.29 is 15.3 Å². The lowest BCUT2D eigenvalue weighted by Gasteiger charge is -2.44. The first-order valence-electron chi connectivity index (χ1n) is 13.8. The van der Waals surface area contributed by atoms with Crippen LogP contribution >= 0.6 is 0 Å². The molecular weight excluding hydrogens is 408 g/mol. The van der Waals surface area contributed by atoms with E-state index in [4.69, 9.17) is 0 Å². The molecule has 0 spiro atoms. The highest BCUT2D eigenvalue weighted by Crippen LogP contribution is 2.60. The van der Waals surface area contributed by atoms with Gasteiger partial charge < -0.3 is 15.3 Å². The van der Waals surface area contributed by atoms with E-state index in [1.165, 1.54) is 44.9 Å². The fourth-order valence-electron chi connectivity index (χ4n) is 7.40. The molecule has 3 nitrogen and oxygen atoms in total. The second kappa shape index (κ2) is 11.2. The van der Waals surface area contributed by atoms with Gasteiger partial charge in [-0.15, -0.1) is 0 Å². The Hall–Kier alpha value is -0.900. The maximum Gasteiger partial charge on any atom is 0.0811 e. The predicted molar refractivity (Wildman–Crippen MR) is 138 cm³/mol. The number of aliphatic hydroxyl groups is 3. The molecular formula is C30H50O3. The van der Waals surface area contributed by atoms with Gasteiger partial charge in [0.25, 0.3) is 0 Å². The van der Waals surface area contributed by atoms with E-state index >= 15 is 0 Å². The lowest BCUT2D eigenvalue weighted by Crippen LogP contribution is -2.36. The highest BCUT2D eigenvalue weighted by Gasteiger charge is 2.50. The highest BCUT2D eigenvalue weighted by molar-refractivity contribution is 5.38. The van der Waals surface area contributed by atoms with Crippen molar-refractivity contribution in [3.63, 3.8) is 0 Å². The molecule has 0 aromatic rings. The van der Waals surface area contributed by atoms with Crippen molar-refractivity contribution in [1.82, 2.24) is 0 Å². The van der Waals surface area contributed by atoms with E-state index in [9.17, 15) is 15.3 Å². The summed E-state index contributed by atoms with van der Waals surface area (Å²) in [6.45, 7) is 13.3. The van der Waals surface area contributed by atoms with Gasteiger partial charge in [0.2, 0.25) is 0 Å². The molecule has 6 atom stereocenters. The van der Waals surface area contributed by atoms with Gasteiger partial charge in [-0.25, -0.2) is 0 Å². The summed E-state index contributed by atoms with van der Waals surface area (Å²) < 4.78 is 0. The molecule has 3 fully saturated rings. The zero-order valence-corrected chi connectivity index (χ0v) is 21.8. The first kappa shape index (κ1) is 26.7. The average molecular weight is 459 g/mol. The summed E-state index contributed by atoms with van der Waals surface area (Å²) in [4.78, 5) is 0. The zero-order valence-electron chi connectivity index (χ0n) is 21.8. The van der Waals surface area contributed by atoms with Crippen LogP contribution in [-0.4, -0.2) is 33.1 Å². The van der Waals surface area contributed by atoms with Crippen LogP contribution in [0, 0.1) is 23.2 Å². The standard InChI is InChI=1S/C30H50O3/c1-6-30(33,7-2)18-9-8-11-21(3)26-15-16-27-23(12-10-17-29(26,27)5)13-14-24-19-25(31)20-28(32)22(24)4/h13-14,21,25-28,31-33H,4,6-12,15-20H2,1-3,5H3/b23-13+,24-14-/t21-,25+,26?,27?,28-,29?/m0/s1. The normalized spacial score (nSPS) is 36.4. The Morgan fingerprint density at radius 1 is 1.15 bits per heavy atom. The van der Waals surface area contributed by atoms with E-state index in [0.29, 0.717) is 24.2 Å². The van der Waals surface area contributed by atoms with Crippen molar-refractivity contribution in [3.05, 3.63) is 35.5 Å². The van der Waals surface area contributed by atoms with Crippen LogP contribution in [0.3, 0.4) is 0 Å². The third-order valence-corrected chi connectivity index (χ3v) is 9.86. The Morgan fingerprint density at radius 2 is 1.88 bits per heavy atom. The van der Waals surface area contributed by atoms with Crippen LogP contribution in [0.1, 0.15) is 111 Å². The van der Waals surface area contributed by atoms with E-state index in [2.05, 4.69) is 46.4 Å². The predicted octanol–water partition coefficient (Wildman–Crippen LogP) is 6.88. The largest absolute Gasteiger partial charge is 0.393 e. The van der Waals surface area contributed by atoms with Crippen molar-refractivity contribution in [2.24, 2.45) is 23.2 Å². The van der Waals surface area contributed by atoms with E-state index < -0.39 is 17.8 Å². The maximum absolute atomic E-state index is 10.6. The van der Waals surface area contributed by atoms with Crippen molar-refractivity contribution in [2.45, 2.75) is 129 Å². The first-order valence-corrected chi connectivity index (χ1v) is 13.8. The fourth-order valence-corrected chi connectivity index (χ4v) is 7.40. The van der Waals surface area contributed by atoms with Crippen LogP contribution < -0.4 is 0 Å². The van der Waals surface area contributed by atoms with E-state index in [-0.39, 0.29) is 0 Å². The molecule has 0 heterocycles. The van der Waals surface area contributed by atoms with E-state index in [1.807, 2.05) is 0 Å². The molecule has 3 unspecified atom stereocenters. The molecule has 33 heavy (non-hydrogen) atoms. The van der Waals surface area contributed by atoms with Crippen LogP contribution in [0.4, 0.5) is 0 Å². The Morgan fingerprint density at radius 3 is 2.58 bits per heavy atom. The zero-order chi connectivity index (χ0) is 24.2. The van der Waals surface area contributed by atoms with Crippen molar-refractivity contribution in [3.8, 4) is 0 Å². The van der Waals surface area contributed by atoms with Crippen LogP contribution in [0.25, 0.3) is 0 Å². The summed E-state index contributed by atoms with van der Waals surface area (Å²) in [5, 5.41) is 30.8. The van der Waals surface area contributed by atoms with Crippen LogP contribution in [-0.2, 0) is 0 Å². The topological polar surface area (TPSA) is 60.7 Å². The molecule has 188 valence electrons. The Balaban J connectivity index is 1.62. The van der Waals surface area contributed by atoms with Gasteiger partial charge in [0.15, 0.2) is 0 Å². The molecule has 3 heteroatoms. The minimum absolute atomic E-state index is 0.387. The van der Waals surface area contributed by atoms with Crippen molar-refractivity contribution in [2.75, 3.05) is 0 Å². The minimum atomic E-state index is -0.614. The van der Waals surface area contributed by atoms with Gasteiger partial charge >= 0.3 is 0 Å². The van der Waals surface area contributed by atoms with Crippen LogP contribution in [0.2, 0.25) is 0 Å². The van der Waals surface area contributed by atoms with Gasteiger partial charge in [-0.1, -0.05) is 71.3 Å². The molecule has 0 aromatic heterocycles. The van der Waals surface area contributed by atoms with Gasteiger partial charge in [0.05, 0.1) is 17.8 Å². The quantitative estimate of drug-likeness (QED) is 0.330. The molecule has 3 rings (SSSR count). The number of aliphatic hydroxyl groups excluding tert-OH is 2. The Labute approximate surface area is 203 Å². The second-order valence-corrected chi connectivity index (χ2v) is 11.8. The van der Waals surface area contributed by atoms with Gasteiger partial charge in [-0.3, -0.25) is 0 Å². The second-order valence-electron chi connectivity index (χ2n) is 11.8. The number of rotatable bonds is 9. The van der Waals surface area contributed by atoms with Crippen LogP contribution in [0.5, 0.6) is 0 Å². The number of hydrogen-bond donors (Lipinski definition) is 3. The highest BCUT2D eigenvalue weighted by atomic mass is 16.3. The number of hydrogen-bond acceptors (Lipinski definition) is 3. The molecule has 3 aliphatic carbocycles. The maximum atomic E-state index is 10.6. The van der Waals surface area contributed by atoms with Crippen molar-refractivity contribution >= 4 is 0 Å².